The molecule has 0 radical (unpaired) electrons. The normalized spacial score (nSPS) is 17.2. The van der Waals surface area contributed by atoms with Crippen molar-refractivity contribution < 1.29 is 24.2 Å². The summed E-state index contributed by atoms with van der Waals surface area (Å²) < 4.78 is 11.4. The molecule has 1 atom stereocenters. The van der Waals surface area contributed by atoms with Crippen molar-refractivity contribution >= 4 is 23.1 Å². The predicted molar refractivity (Wildman–Crippen MR) is 150 cm³/mol. The van der Waals surface area contributed by atoms with Crippen LogP contribution in [0.4, 0.5) is 5.69 Å². The number of hydrogen-bond donors (Lipinski definition) is 1. The lowest BCUT2D eigenvalue weighted by Crippen LogP contribution is -2.29. The Hall–Kier alpha value is -4.06. The maximum absolute atomic E-state index is 13.5. The van der Waals surface area contributed by atoms with E-state index in [1.165, 1.54) is 4.90 Å². The zero-order chi connectivity index (χ0) is 27.6. The highest BCUT2D eigenvalue weighted by atomic mass is 16.5. The van der Waals surface area contributed by atoms with Crippen molar-refractivity contribution in [1.29, 1.82) is 0 Å². The van der Waals surface area contributed by atoms with Crippen LogP contribution in [0.5, 0.6) is 11.5 Å². The Morgan fingerprint density at radius 1 is 0.974 bits per heavy atom. The number of Topliss-reactive ketones (excluding diaryl/α,β-unsaturated/α-hetero) is 1. The second-order valence-electron chi connectivity index (χ2n) is 10.9. The number of aliphatic hydroxyl groups excluding tert-OH is 1. The Morgan fingerprint density at radius 3 is 2.29 bits per heavy atom. The molecule has 1 aliphatic heterocycles. The first kappa shape index (κ1) is 27.0. The lowest BCUT2D eigenvalue weighted by molar-refractivity contribution is -0.132. The fourth-order valence-electron chi connectivity index (χ4n) is 4.56. The molecule has 1 fully saturated rings. The molecule has 3 aromatic carbocycles. The minimum absolute atomic E-state index is 0.000377. The highest BCUT2D eigenvalue weighted by Gasteiger charge is 2.48. The predicted octanol–water partition coefficient (Wildman–Crippen LogP) is 6.65. The summed E-state index contributed by atoms with van der Waals surface area (Å²) in [6.07, 6.45) is 0. The number of amides is 1. The number of nitrogens with zero attached hydrogens (tertiary/aromatic N) is 1. The molecule has 1 unspecified atom stereocenters. The third-order valence-electron chi connectivity index (χ3n) is 6.58. The first-order valence-corrected chi connectivity index (χ1v) is 12.8. The molecule has 1 N–H and O–H groups in total. The van der Waals surface area contributed by atoms with Gasteiger partial charge in [0.1, 0.15) is 17.3 Å². The van der Waals surface area contributed by atoms with Gasteiger partial charge in [-0.2, -0.15) is 0 Å². The molecule has 38 heavy (non-hydrogen) atoms. The van der Waals surface area contributed by atoms with Gasteiger partial charge in [-0.1, -0.05) is 77.1 Å². The minimum atomic E-state index is -0.883. The van der Waals surface area contributed by atoms with Crippen LogP contribution in [0.2, 0.25) is 0 Å². The molecule has 0 aliphatic carbocycles. The Kier molecular flexibility index (Phi) is 7.63. The second kappa shape index (κ2) is 10.7. The quantitative estimate of drug-likeness (QED) is 0.217. The van der Waals surface area contributed by atoms with E-state index in [0.717, 1.165) is 5.56 Å². The molecular weight excluding hydrogens is 478 g/mol. The minimum Gasteiger partial charge on any atom is -0.507 e. The lowest BCUT2D eigenvalue weighted by atomic mass is 9.87. The van der Waals surface area contributed by atoms with Gasteiger partial charge in [-0.05, 0) is 47.2 Å². The van der Waals surface area contributed by atoms with E-state index in [1.807, 2.05) is 50.2 Å². The van der Waals surface area contributed by atoms with Crippen molar-refractivity contribution in [3.8, 4) is 11.5 Å². The topological polar surface area (TPSA) is 76.1 Å². The number of hydrogen-bond acceptors (Lipinski definition) is 5. The summed E-state index contributed by atoms with van der Waals surface area (Å²) in [5, 5.41) is 11.5. The standard InChI is InChI=1S/C32H35NO5/c1-20(2)19-38-24-11-9-10-21(18-24)29(34)27-28(25-12-7-8-13-26(25)37-6)33(31(36)30(27)35)23-16-14-22(15-17-23)32(3,4)5/h7-18,20,28,34H,19H2,1-6H3/b29-27+. The molecule has 6 nitrogen and oxygen atoms in total. The number of para-hydroxylation sites is 1. The number of carbonyl (C=O) groups is 2. The van der Waals surface area contributed by atoms with Gasteiger partial charge in [0.05, 0.1) is 25.3 Å². The molecule has 0 bridgehead atoms. The van der Waals surface area contributed by atoms with Crippen LogP contribution in [0.3, 0.4) is 0 Å². The van der Waals surface area contributed by atoms with Crippen LogP contribution < -0.4 is 14.4 Å². The highest BCUT2D eigenvalue weighted by Crippen LogP contribution is 2.45. The van der Waals surface area contributed by atoms with Crippen LogP contribution in [-0.2, 0) is 15.0 Å². The SMILES string of the molecule is COc1ccccc1C1/C(=C(\O)c2cccc(OCC(C)C)c2)C(=O)C(=O)N1c1ccc(C(C)(C)C)cc1. The maximum atomic E-state index is 13.5. The van der Waals surface area contributed by atoms with Crippen LogP contribution in [0.25, 0.3) is 5.76 Å². The van der Waals surface area contributed by atoms with Crippen molar-refractivity contribution in [3.63, 3.8) is 0 Å². The molecule has 0 aromatic heterocycles. The third kappa shape index (κ3) is 5.30. The number of carbonyl (C=O) groups excluding carboxylic acids is 2. The molecule has 1 saturated heterocycles. The van der Waals surface area contributed by atoms with Gasteiger partial charge in [-0.3, -0.25) is 14.5 Å². The van der Waals surface area contributed by atoms with Crippen molar-refractivity contribution in [3.05, 3.63) is 95.1 Å². The number of methoxy groups -OCH3 is 1. The van der Waals surface area contributed by atoms with Gasteiger partial charge in [0.25, 0.3) is 11.7 Å². The number of aliphatic hydroxyl groups is 1. The van der Waals surface area contributed by atoms with E-state index in [9.17, 15) is 14.7 Å². The Balaban J connectivity index is 1.88. The average Bonchev–Trinajstić information content (AvgIpc) is 3.16. The molecule has 198 valence electrons. The summed E-state index contributed by atoms with van der Waals surface area (Å²) in [5.41, 5.74) is 2.58. The van der Waals surface area contributed by atoms with Gasteiger partial charge in [-0.15, -0.1) is 0 Å². The van der Waals surface area contributed by atoms with Crippen LogP contribution in [0, 0.1) is 5.92 Å². The highest BCUT2D eigenvalue weighted by molar-refractivity contribution is 6.51. The summed E-state index contributed by atoms with van der Waals surface area (Å²) in [7, 11) is 1.54. The molecule has 1 heterocycles. The van der Waals surface area contributed by atoms with E-state index in [-0.39, 0.29) is 16.7 Å². The van der Waals surface area contributed by atoms with E-state index >= 15 is 0 Å². The van der Waals surface area contributed by atoms with Crippen LogP contribution in [-0.4, -0.2) is 30.5 Å². The van der Waals surface area contributed by atoms with Crippen LogP contribution in [0.15, 0.2) is 78.4 Å². The number of ketones is 1. The van der Waals surface area contributed by atoms with Gasteiger partial charge >= 0.3 is 0 Å². The summed E-state index contributed by atoms with van der Waals surface area (Å²) in [6.45, 7) is 11.0. The van der Waals surface area contributed by atoms with Crippen molar-refractivity contribution in [1.82, 2.24) is 0 Å². The Labute approximate surface area is 224 Å². The maximum Gasteiger partial charge on any atom is 0.300 e. The Bertz CT molecular complexity index is 1370. The molecule has 3 aromatic rings. The van der Waals surface area contributed by atoms with Gasteiger partial charge < -0.3 is 14.6 Å². The monoisotopic (exact) mass is 513 g/mol. The van der Waals surface area contributed by atoms with Gasteiger partial charge in [0, 0.05) is 16.8 Å². The van der Waals surface area contributed by atoms with Crippen molar-refractivity contribution in [2.45, 2.75) is 46.1 Å². The van der Waals surface area contributed by atoms with E-state index in [1.54, 1.807) is 43.5 Å². The van der Waals surface area contributed by atoms with E-state index in [2.05, 4.69) is 20.8 Å². The van der Waals surface area contributed by atoms with Crippen molar-refractivity contribution in [2.24, 2.45) is 5.92 Å². The molecule has 4 rings (SSSR count). The Morgan fingerprint density at radius 2 is 1.66 bits per heavy atom. The second-order valence-corrected chi connectivity index (χ2v) is 10.9. The third-order valence-corrected chi connectivity index (χ3v) is 6.58. The average molecular weight is 514 g/mol. The fraction of sp³-hybridized carbons (Fsp3) is 0.312. The largest absolute Gasteiger partial charge is 0.507 e. The van der Waals surface area contributed by atoms with Gasteiger partial charge in [-0.25, -0.2) is 0 Å². The van der Waals surface area contributed by atoms with E-state index in [0.29, 0.717) is 40.8 Å². The zero-order valence-electron chi connectivity index (χ0n) is 22.8. The summed E-state index contributed by atoms with van der Waals surface area (Å²) >= 11 is 0. The molecule has 0 saturated carbocycles. The summed E-state index contributed by atoms with van der Waals surface area (Å²) in [4.78, 5) is 28.5. The van der Waals surface area contributed by atoms with Gasteiger partial charge in [0.2, 0.25) is 0 Å². The van der Waals surface area contributed by atoms with E-state index in [4.69, 9.17) is 9.47 Å². The molecule has 1 aliphatic rings. The van der Waals surface area contributed by atoms with Crippen molar-refractivity contribution in [2.75, 3.05) is 18.6 Å². The number of benzene rings is 3. The number of ether oxygens (including phenoxy) is 2. The van der Waals surface area contributed by atoms with Crippen LogP contribution >= 0.6 is 0 Å². The lowest BCUT2D eigenvalue weighted by Gasteiger charge is -2.27. The zero-order valence-corrected chi connectivity index (χ0v) is 22.8. The van der Waals surface area contributed by atoms with Gasteiger partial charge in [0.15, 0.2) is 0 Å². The molecule has 6 heteroatoms. The van der Waals surface area contributed by atoms with Crippen LogP contribution in [0.1, 0.15) is 57.4 Å². The molecule has 0 spiro atoms. The first-order valence-electron chi connectivity index (χ1n) is 12.8. The smallest absolute Gasteiger partial charge is 0.300 e. The molecular formula is C32H35NO5. The van der Waals surface area contributed by atoms with E-state index < -0.39 is 17.7 Å². The summed E-state index contributed by atoms with van der Waals surface area (Å²) in [6, 6.07) is 20.9. The first-order chi connectivity index (χ1) is 18.0. The number of rotatable bonds is 7. The summed E-state index contributed by atoms with van der Waals surface area (Å²) in [5.74, 6) is -0.319. The number of anilines is 1. The molecule has 1 amide bonds. The fourth-order valence-corrected chi connectivity index (χ4v) is 4.56.